The van der Waals surface area contributed by atoms with E-state index in [0.717, 1.165) is 24.1 Å². The van der Waals surface area contributed by atoms with Crippen LogP contribution in [0.3, 0.4) is 0 Å². The van der Waals surface area contributed by atoms with Gasteiger partial charge in [-0.1, -0.05) is 34.7 Å². The maximum atomic E-state index is 10.8. The van der Waals surface area contributed by atoms with Crippen LogP contribution in [0.2, 0.25) is 5.02 Å². The third-order valence-electron chi connectivity index (χ3n) is 6.35. The Labute approximate surface area is 196 Å². The quantitative estimate of drug-likeness (QED) is 0.553. The lowest BCUT2D eigenvalue weighted by Crippen LogP contribution is -2.37. The first-order chi connectivity index (χ1) is 15.8. The van der Waals surface area contributed by atoms with E-state index in [1.807, 2.05) is 12.1 Å². The van der Waals surface area contributed by atoms with Gasteiger partial charge in [-0.25, -0.2) is 4.98 Å². The number of rotatable bonds is 2. The number of aliphatic hydroxyl groups is 1. The summed E-state index contributed by atoms with van der Waals surface area (Å²) in [5, 5.41) is 15.1. The molecule has 0 amide bonds. The van der Waals surface area contributed by atoms with Crippen LogP contribution in [0.15, 0.2) is 35.0 Å². The van der Waals surface area contributed by atoms with Crippen molar-refractivity contribution in [2.45, 2.75) is 37.7 Å². The molecule has 5 rings (SSSR count). The number of fused-ring (bicyclic) bond motifs is 2. The topological polar surface area (TPSA) is 111 Å². The van der Waals surface area contributed by atoms with Crippen LogP contribution in [0.4, 0.5) is 17.5 Å². The molecule has 33 heavy (non-hydrogen) atoms. The minimum atomic E-state index is -1.44. The van der Waals surface area contributed by atoms with Crippen molar-refractivity contribution in [3.8, 4) is 11.8 Å². The van der Waals surface area contributed by atoms with Crippen LogP contribution in [0.5, 0.6) is 0 Å². The Morgan fingerprint density at radius 3 is 2.79 bits per heavy atom. The van der Waals surface area contributed by atoms with E-state index in [-0.39, 0.29) is 11.4 Å². The van der Waals surface area contributed by atoms with Gasteiger partial charge in [-0.15, -0.1) is 0 Å². The zero-order chi connectivity index (χ0) is 23.2. The van der Waals surface area contributed by atoms with Gasteiger partial charge in [-0.05, 0) is 44.4 Å². The van der Waals surface area contributed by atoms with Gasteiger partial charge >= 0.3 is 0 Å². The van der Waals surface area contributed by atoms with Gasteiger partial charge in [0, 0.05) is 42.5 Å². The van der Waals surface area contributed by atoms with Crippen molar-refractivity contribution in [3.63, 3.8) is 0 Å². The maximum absolute atomic E-state index is 10.8. The van der Waals surface area contributed by atoms with Gasteiger partial charge < -0.3 is 25.0 Å². The third-order valence-corrected chi connectivity index (χ3v) is 6.61. The predicted molar refractivity (Wildman–Crippen MR) is 124 cm³/mol. The molecule has 2 aliphatic rings. The van der Waals surface area contributed by atoms with Crippen molar-refractivity contribution >= 4 is 29.1 Å². The molecule has 1 saturated heterocycles. The molecule has 2 aliphatic heterocycles. The molecule has 1 aromatic carbocycles. The van der Waals surface area contributed by atoms with Crippen molar-refractivity contribution in [1.29, 1.82) is 0 Å². The van der Waals surface area contributed by atoms with Gasteiger partial charge in [0.15, 0.2) is 11.4 Å². The van der Waals surface area contributed by atoms with Gasteiger partial charge in [-0.2, -0.15) is 4.98 Å². The molecule has 1 atom stereocenters. The highest BCUT2D eigenvalue weighted by molar-refractivity contribution is 6.33. The van der Waals surface area contributed by atoms with E-state index in [2.05, 4.69) is 37.9 Å². The molecule has 1 fully saturated rings. The lowest BCUT2D eigenvalue weighted by Gasteiger charge is -2.34. The monoisotopic (exact) mass is 465 g/mol. The molecule has 3 N–H and O–H groups in total. The number of aryl methyl sites for hydroxylation is 1. The third kappa shape index (κ3) is 3.93. The number of benzene rings is 1. The van der Waals surface area contributed by atoms with Crippen molar-refractivity contribution in [1.82, 2.24) is 15.1 Å². The highest BCUT2D eigenvalue weighted by atomic mass is 35.5. The maximum Gasteiger partial charge on any atom is 0.222 e. The number of nitrogen functional groups attached to an aromatic ring is 1. The summed E-state index contributed by atoms with van der Waals surface area (Å²) in [6.07, 6.45) is 3.33. The van der Waals surface area contributed by atoms with E-state index in [9.17, 15) is 5.11 Å². The number of halogens is 1. The Hall–Kier alpha value is -3.12. The molecular weight excluding hydrogens is 442 g/mol. The summed E-state index contributed by atoms with van der Waals surface area (Å²) < 4.78 is 10.7. The fourth-order valence-corrected chi connectivity index (χ4v) is 4.74. The van der Waals surface area contributed by atoms with Crippen molar-refractivity contribution < 1.29 is 14.4 Å². The van der Waals surface area contributed by atoms with Crippen LogP contribution in [0.1, 0.15) is 42.3 Å². The summed E-state index contributed by atoms with van der Waals surface area (Å²) >= 11 is 6.48. The number of nitrogens with two attached hydrogens (primary N) is 1. The van der Waals surface area contributed by atoms with E-state index < -0.39 is 5.60 Å². The first-order valence-electron chi connectivity index (χ1n) is 10.7. The molecule has 0 aliphatic carbocycles. The highest BCUT2D eigenvalue weighted by Gasteiger charge is 2.45. The van der Waals surface area contributed by atoms with Gasteiger partial charge in [-0.3, -0.25) is 0 Å². The second-order valence-electron chi connectivity index (χ2n) is 8.76. The predicted octanol–water partition coefficient (Wildman–Crippen LogP) is 3.47. The Balaban J connectivity index is 1.57. The summed E-state index contributed by atoms with van der Waals surface area (Å²) in [4.78, 5) is 10.5. The molecule has 1 spiro atoms. The Bertz CT molecular complexity index is 1270. The minimum Gasteiger partial charge on any atom is -0.381 e. The largest absolute Gasteiger partial charge is 0.381 e. The van der Waals surface area contributed by atoms with Gasteiger partial charge in [0.2, 0.25) is 5.95 Å². The average molecular weight is 466 g/mol. The lowest BCUT2D eigenvalue weighted by molar-refractivity contribution is 0.0558. The lowest BCUT2D eigenvalue weighted by atomic mass is 9.76. The molecular formula is C24H24ClN5O3. The van der Waals surface area contributed by atoms with Crippen molar-refractivity contribution in [2.75, 3.05) is 30.4 Å². The molecule has 2 aromatic heterocycles. The Kier molecular flexibility index (Phi) is 5.28. The van der Waals surface area contributed by atoms with Crippen molar-refractivity contribution in [2.24, 2.45) is 0 Å². The summed E-state index contributed by atoms with van der Waals surface area (Å²) in [6.45, 7) is 5.49. The Morgan fingerprint density at radius 2 is 2.06 bits per heavy atom. The smallest absolute Gasteiger partial charge is 0.222 e. The summed E-state index contributed by atoms with van der Waals surface area (Å²) in [5.74, 6) is 7.36. The number of nitrogens with zero attached hydrogens (tertiary/aromatic N) is 4. The molecule has 0 unspecified atom stereocenters. The van der Waals surface area contributed by atoms with E-state index in [4.69, 9.17) is 26.6 Å². The normalized spacial score (nSPS) is 18.5. The van der Waals surface area contributed by atoms with Crippen LogP contribution in [-0.2, 0) is 15.8 Å². The SMILES string of the molecule is Cc1cc([C@](C)(O)C#Cc2ccc3c(c2)N(c2nc(N)ncc2Cl)CC32CCOCC2)no1. The fraction of sp³-hybridized carbons (Fsp3) is 0.375. The van der Waals surface area contributed by atoms with E-state index in [1.165, 1.54) is 11.8 Å². The summed E-state index contributed by atoms with van der Waals surface area (Å²) in [7, 11) is 0. The standard InChI is InChI=1S/C24H24ClN5O3/c1-15-11-20(29-33-15)23(2,31)6-5-16-3-4-17-19(12-16)30(14-24(17)7-9-32-10-8-24)21-18(25)13-27-22(26)28-21/h3-4,11-13,31H,7-10,14H2,1-2H3,(H2,26,27,28)/t23-/m1/s1. The fourth-order valence-electron chi connectivity index (χ4n) is 4.55. The second kappa shape index (κ2) is 8.03. The van der Waals surface area contributed by atoms with Gasteiger partial charge in [0.1, 0.15) is 16.5 Å². The van der Waals surface area contributed by atoms with E-state index in [1.54, 1.807) is 19.9 Å². The number of anilines is 3. The molecule has 9 heteroatoms. The summed E-state index contributed by atoms with van der Waals surface area (Å²) in [5.41, 5.74) is 7.68. The zero-order valence-corrected chi connectivity index (χ0v) is 19.2. The zero-order valence-electron chi connectivity index (χ0n) is 18.4. The number of aromatic nitrogens is 3. The van der Waals surface area contributed by atoms with Gasteiger partial charge in [0.25, 0.3) is 0 Å². The molecule has 8 nitrogen and oxygen atoms in total. The first kappa shape index (κ1) is 21.7. The molecule has 170 valence electrons. The van der Waals surface area contributed by atoms with Crippen LogP contribution >= 0.6 is 11.6 Å². The van der Waals surface area contributed by atoms with Gasteiger partial charge in [0.05, 0.1) is 6.20 Å². The highest BCUT2D eigenvalue weighted by Crippen LogP contribution is 2.50. The number of hydrogen-bond donors (Lipinski definition) is 2. The first-order valence-corrected chi connectivity index (χ1v) is 11.1. The average Bonchev–Trinajstić information content (AvgIpc) is 3.37. The molecule has 3 aromatic rings. The molecule has 0 saturated carbocycles. The van der Waals surface area contributed by atoms with Crippen LogP contribution in [0, 0.1) is 18.8 Å². The van der Waals surface area contributed by atoms with E-state index >= 15 is 0 Å². The van der Waals surface area contributed by atoms with E-state index in [0.29, 0.717) is 42.1 Å². The van der Waals surface area contributed by atoms with Crippen molar-refractivity contribution in [3.05, 3.63) is 58.1 Å². The van der Waals surface area contributed by atoms with Crippen LogP contribution < -0.4 is 10.6 Å². The molecule has 4 heterocycles. The molecule has 0 radical (unpaired) electrons. The summed E-state index contributed by atoms with van der Waals surface area (Å²) in [6, 6.07) is 7.77. The second-order valence-corrected chi connectivity index (χ2v) is 9.16. The van der Waals surface area contributed by atoms with Crippen LogP contribution in [-0.4, -0.2) is 40.0 Å². The number of ether oxygens (including phenoxy) is 1. The van der Waals surface area contributed by atoms with Crippen LogP contribution in [0.25, 0.3) is 0 Å². The minimum absolute atomic E-state index is 0.0632. The number of hydrogen-bond acceptors (Lipinski definition) is 8. The Morgan fingerprint density at radius 1 is 1.27 bits per heavy atom. The molecule has 0 bridgehead atoms.